The summed E-state index contributed by atoms with van der Waals surface area (Å²) in [4.78, 5) is 28.7. The Hall–Kier alpha value is -2.69. The van der Waals surface area contributed by atoms with E-state index in [9.17, 15) is 9.59 Å². The zero-order valence-electron chi connectivity index (χ0n) is 13.7. The second-order valence-corrected chi connectivity index (χ2v) is 6.13. The molecule has 5 heteroatoms. The molecule has 0 spiro atoms. The third-order valence-corrected chi connectivity index (χ3v) is 4.08. The van der Waals surface area contributed by atoms with Gasteiger partial charge in [-0.3, -0.25) is 9.59 Å². The highest BCUT2D eigenvalue weighted by molar-refractivity contribution is 5.98. The summed E-state index contributed by atoms with van der Waals surface area (Å²) in [5, 5.41) is 5.50. The van der Waals surface area contributed by atoms with Crippen molar-refractivity contribution in [2.75, 3.05) is 13.6 Å². The molecular weight excluding hydrogens is 302 g/mol. The monoisotopic (exact) mass is 323 g/mol. The van der Waals surface area contributed by atoms with Crippen LogP contribution in [0.2, 0.25) is 0 Å². The lowest BCUT2D eigenvalue weighted by Gasteiger charge is -2.09. The lowest BCUT2D eigenvalue weighted by molar-refractivity contribution is 0.0951. The minimum absolute atomic E-state index is 0.149. The van der Waals surface area contributed by atoms with Gasteiger partial charge < -0.3 is 10.6 Å². The fraction of sp³-hybridized carbons (Fsp3) is 0.316. The summed E-state index contributed by atoms with van der Waals surface area (Å²) in [6, 6.07) is 13.2. The van der Waals surface area contributed by atoms with Crippen LogP contribution in [-0.2, 0) is 6.42 Å². The molecule has 1 heterocycles. The number of nitrogens with one attached hydrogen (secondary N) is 2. The van der Waals surface area contributed by atoms with Crippen molar-refractivity contribution < 1.29 is 9.59 Å². The molecule has 2 N–H and O–H groups in total. The molecule has 1 aliphatic carbocycles. The molecule has 2 amide bonds. The Labute approximate surface area is 141 Å². The van der Waals surface area contributed by atoms with Crippen LogP contribution in [-0.4, -0.2) is 30.4 Å². The van der Waals surface area contributed by atoms with Crippen molar-refractivity contribution >= 4 is 11.8 Å². The fourth-order valence-corrected chi connectivity index (χ4v) is 2.52. The van der Waals surface area contributed by atoms with Gasteiger partial charge in [0.15, 0.2) is 0 Å². The van der Waals surface area contributed by atoms with Crippen LogP contribution in [0.1, 0.15) is 44.9 Å². The highest BCUT2D eigenvalue weighted by Gasteiger charge is 2.22. The zero-order chi connectivity index (χ0) is 16.9. The van der Waals surface area contributed by atoms with Crippen LogP contribution < -0.4 is 10.6 Å². The molecule has 0 aliphatic heterocycles. The third kappa shape index (κ3) is 4.19. The summed E-state index contributed by atoms with van der Waals surface area (Å²) in [5.74, 6) is 0.169. The average Bonchev–Trinajstić information content (AvgIpc) is 3.44. The maximum Gasteiger partial charge on any atom is 0.269 e. The van der Waals surface area contributed by atoms with E-state index in [2.05, 4.69) is 15.6 Å². The summed E-state index contributed by atoms with van der Waals surface area (Å²) < 4.78 is 0. The molecule has 0 radical (unpaired) electrons. The maximum absolute atomic E-state index is 12.4. The van der Waals surface area contributed by atoms with Gasteiger partial charge in [0, 0.05) is 31.3 Å². The maximum atomic E-state index is 12.4. The Morgan fingerprint density at radius 3 is 2.54 bits per heavy atom. The summed E-state index contributed by atoms with van der Waals surface area (Å²) in [7, 11) is 1.56. The molecule has 3 rings (SSSR count). The van der Waals surface area contributed by atoms with Gasteiger partial charge in [-0.15, -0.1) is 0 Å². The van der Waals surface area contributed by atoms with Crippen LogP contribution in [0.25, 0.3) is 0 Å². The Balaban J connectivity index is 1.84. The molecule has 24 heavy (non-hydrogen) atoms. The zero-order valence-corrected chi connectivity index (χ0v) is 13.7. The van der Waals surface area contributed by atoms with Crippen LogP contribution in [0, 0.1) is 5.92 Å². The molecule has 1 saturated carbocycles. The normalized spacial score (nSPS) is 13.4. The molecule has 1 fully saturated rings. The first-order valence-electron chi connectivity index (χ1n) is 8.21. The topological polar surface area (TPSA) is 71.1 Å². The Bertz CT molecular complexity index is 740. The highest BCUT2D eigenvalue weighted by Crippen LogP contribution is 2.27. The third-order valence-electron chi connectivity index (χ3n) is 4.08. The first-order chi connectivity index (χ1) is 11.7. The fourth-order valence-electron chi connectivity index (χ4n) is 2.52. The molecule has 0 saturated heterocycles. The number of carbonyl (C=O) groups excluding carboxylic acids is 2. The van der Waals surface area contributed by atoms with Gasteiger partial charge in [0.2, 0.25) is 0 Å². The minimum atomic E-state index is -0.291. The van der Waals surface area contributed by atoms with E-state index in [1.165, 1.54) is 12.8 Å². The van der Waals surface area contributed by atoms with E-state index in [1.807, 2.05) is 30.3 Å². The van der Waals surface area contributed by atoms with Crippen LogP contribution in [0.15, 0.2) is 42.5 Å². The van der Waals surface area contributed by atoms with E-state index >= 15 is 0 Å². The molecule has 124 valence electrons. The van der Waals surface area contributed by atoms with E-state index in [1.54, 1.807) is 19.2 Å². The number of benzene rings is 1. The standard InChI is InChI=1S/C19H21N3O2/c1-20-19(24)17-11-15(18(23)21-12-14-7-8-14)10-16(22-17)9-13-5-3-2-4-6-13/h2-6,10-11,14H,7-9,12H2,1H3,(H,20,24)(H,21,23). The lowest BCUT2D eigenvalue weighted by Crippen LogP contribution is -2.27. The van der Waals surface area contributed by atoms with Crippen molar-refractivity contribution in [3.8, 4) is 0 Å². The minimum Gasteiger partial charge on any atom is -0.354 e. The SMILES string of the molecule is CNC(=O)c1cc(C(=O)NCC2CC2)cc(Cc2ccccc2)n1. The molecule has 0 atom stereocenters. The molecule has 5 nitrogen and oxygen atoms in total. The number of pyridine rings is 1. The van der Waals surface area contributed by atoms with Crippen LogP contribution in [0.5, 0.6) is 0 Å². The van der Waals surface area contributed by atoms with Crippen LogP contribution >= 0.6 is 0 Å². The summed E-state index contributed by atoms with van der Waals surface area (Å²) >= 11 is 0. The molecule has 0 bridgehead atoms. The Morgan fingerprint density at radius 1 is 1.12 bits per heavy atom. The first kappa shape index (κ1) is 16.2. The van der Waals surface area contributed by atoms with Gasteiger partial charge in [-0.05, 0) is 36.5 Å². The predicted molar refractivity (Wildman–Crippen MR) is 91.9 cm³/mol. The predicted octanol–water partition coefficient (Wildman–Crippen LogP) is 2.17. The van der Waals surface area contributed by atoms with Crippen molar-refractivity contribution in [2.45, 2.75) is 19.3 Å². The second-order valence-electron chi connectivity index (χ2n) is 6.13. The van der Waals surface area contributed by atoms with Crippen LogP contribution in [0.4, 0.5) is 0 Å². The Kier molecular flexibility index (Phi) is 4.89. The average molecular weight is 323 g/mol. The summed E-state index contributed by atoms with van der Waals surface area (Å²) in [6.45, 7) is 0.699. The van der Waals surface area contributed by atoms with E-state index < -0.39 is 0 Å². The van der Waals surface area contributed by atoms with Crippen molar-refractivity contribution in [1.29, 1.82) is 0 Å². The molecule has 1 aliphatic rings. The van der Waals surface area contributed by atoms with Crippen molar-refractivity contribution in [1.82, 2.24) is 15.6 Å². The number of carbonyl (C=O) groups is 2. The molecule has 0 unspecified atom stereocenters. The van der Waals surface area contributed by atoms with Gasteiger partial charge in [-0.2, -0.15) is 0 Å². The van der Waals surface area contributed by atoms with Crippen molar-refractivity contribution in [3.63, 3.8) is 0 Å². The van der Waals surface area contributed by atoms with Crippen molar-refractivity contribution in [2.24, 2.45) is 5.92 Å². The van der Waals surface area contributed by atoms with Gasteiger partial charge in [-0.1, -0.05) is 30.3 Å². The highest BCUT2D eigenvalue weighted by atomic mass is 16.2. The van der Waals surface area contributed by atoms with E-state index in [0.717, 1.165) is 5.56 Å². The molecular formula is C19H21N3O2. The summed E-state index contributed by atoms with van der Waals surface area (Å²) in [6.07, 6.45) is 2.94. The number of amides is 2. The van der Waals surface area contributed by atoms with E-state index in [-0.39, 0.29) is 17.5 Å². The number of hydrogen-bond donors (Lipinski definition) is 2. The van der Waals surface area contributed by atoms with E-state index in [4.69, 9.17) is 0 Å². The summed E-state index contributed by atoms with van der Waals surface area (Å²) in [5.41, 5.74) is 2.54. The van der Waals surface area contributed by atoms with E-state index in [0.29, 0.717) is 30.1 Å². The van der Waals surface area contributed by atoms with Crippen molar-refractivity contribution in [3.05, 3.63) is 65.0 Å². The molecule has 1 aromatic carbocycles. The smallest absolute Gasteiger partial charge is 0.269 e. The Morgan fingerprint density at radius 2 is 1.88 bits per heavy atom. The number of nitrogens with zero attached hydrogens (tertiary/aromatic N) is 1. The number of hydrogen-bond acceptors (Lipinski definition) is 3. The lowest BCUT2D eigenvalue weighted by atomic mass is 10.1. The quantitative estimate of drug-likeness (QED) is 0.856. The largest absolute Gasteiger partial charge is 0.354 e. The number of rotatable bonds is 6. The molecule has 1 aromatic heterocycles. The van der Waals surface area contributed by atoms with Gasteiger partial charge in [0.1, 0.15) is 5.69 Å². The second kappa shape index (κ2) is 7.25. The van der Waals surface area contributed by atoms with Gasteiger partial charge in [0.05, 0.1) is 0 Å². The van der Waals surface area contributed by atoms with Crippen LogP contribution in [0.3, 0.4) is 0 Å². The van der Waals surface area contributed by atoms with Gasteiger partial charge in [0.25, 0.3) is 11.8 Å². The number of aromatic nitrogens is 1. The van der Waals surface area contributed by atoms with Gasteiger partial charge >= 0.3 is 0 Å². The molecule has 2 aromatic rings. The van der Waals surface area contributed by atoms with Gasteiger partial charge in [-0.25, -0.2) is 4.98 Å². The first-order valence-corrected chi connectivity index (χ1v) is 8.21.